The summed E-state index contributed by atoms with van der Waals surface area (Å²) in [6, 6.07) is 5.92. The summed E-state index contributed by atoms with van der Waals surface area (Å²) in [7, 11) is 2.04. The quantitative estimate of drug-likeness (QED) is 0.733. The SMILES string of the molecule is CN(Cc1cscn1)c1ccc(N)c2cc(Br)cnc12. The molecule has 3 aromatic rings. The zero-order valence-electron chi connectivity index (χ0n) is 10.9. The van der Waals surface area contributed by atoms with Gasteiger partial charge >= 0.3 is 0 Å². The van der Waals surface area contributed by atoms with E-state index in [1.807, 2.05) is 30.8 Å². The van der Waals surface area contributed by atoms with Crippen LogP contribution in [-0.4, -0.2) is 17.0 Å². The average Bonchev–Trinajstić information content (AvgIpc) is 2.92. The van der Waals surface area contributed by atoms with E-state index in [-0.39, 0.29) is 0 Å². The van der Waals surface area contributed by atoms with E-state index in [2.05, 4.69) is 36.2 Å². The van der Waals surface area contributed by atoms with Crippen LogP contribution < -0.4 is 10.6 Å². The van der Waals surface area contributed by atoms with Crippen molar-refractivity contribution in [2.75, 3.05) is 17.7 Å². The van der Waals surface area contributed by atoms with Crippen molar-refractivity contribution in [3.63, 3.8) is 0 Å². The minimum absolute atomic E-state index is 0.736. The van der Waals surface area contributed by atoms with Crippen LogP contribution in [0.3, 0.4) is 0 Å². The lowest BCUT2D eigenvalue weighted by Crippen LogP contribution is -2.17. The van der Waals surface area contributed by atoms with Gasteiger partial charge in [-0.25, -0.2) is 4.98 Å². The molecule has 0 bridgehead atoms. The Balaban J connectivity index is 2.05. The van der Waals surface area contributed by atoms with E-state index in [1.54, 1.807) is 17.5 Å². The van der Waals surface area contributed by atoms with Crippen molar-refractivity contribution in [1.29, 1.82) is 0 Å². The molecule has 6 heteroatoms. The second-order valence-electron chi connectivity index (χ2n) is 4.56. The molecule has 0 fully saturated rings. The van der Waals surface area contributed by atoms with Crippen molar-refractivity contribution < 1.29 is 0 Å². The highest BCUT2D eigenvalue weighted by atomic mass is 79.9. The number of fused-ring (bicyclic) bond motifs is 1. The van der Waals surface area contributed by atoms with E-state index in [0.29, 0.717) is 0 Å². The molecule has 0 amide bonds. The second-order valence-corrected chi connectivity index (χ2v) is 6.19. The monoisotopic (exact) mass is 348 g/mol. The van der Waals surface area contributed by atoms with E-state index in [1.165, 1.54) is 0 Å². The molecular weight excluding hydrogens is 336 g/mol. The van der Waals surface area contributed by atoms with Crippen molar-refractivity contribution in [2.45, 2.75) is 6.54 Å². The maximum Gasteiger partial charge on any atom is 0.0956 e. The fourth-order valence-electron chi connectivity index (χ4n) is 2.15. The molecule has 102 valence electrons. The highest BCUT2D eigenvalue weighted by Crippen LogP contribution is 2.31. The van der Waals surface area contributed by atoms with Gasteiger partial charge in [-0.05, 0) is 34.1 Å². The number of pyridine rings is 1. The summed E-state index contributed by atoms with van der Waals surface area (Å²) in [5, 5.41) is 3.02. The lowest BCUT2D eigenvalue weighted by Gasteiger charge is -2.20. The van der Waals surface area contributed by atoms with E-state index in [4.69, 9.17) is 5.73 Å². The van der Waals surface area contributed by atoms with Crippen LogP contribution in [-0.2, 0) is 6.54 Å². The lowest BCUT2D eigenvalue weighted by molar-refractivity contribution is 0.897. The number of anilines is 2. The smallest absolute Gasteiger partial charge is 0.0956 e. The Morgan fingerprint density at radius 3 is 2.95 bits per heavy atom. The zero-order chi connectivity index (χ0) is 14.1. The minimum atomic E-state index is 0.736. The molecule has 3 rings (SSSR count). The van der Waals surface area contributed by atoms with Crippen molar-refractivity contribution >= 4 is 49.5 Å². The topological polar surface area (TPSA) is 55.0 Å². The Labute approximate surface area is 129 Å². The van der Waals surface area contributed by atoms with Gasteiger partial charge in [0.2, 0.25) is 0 Å². The normalized spacial score (nSPS) is 10.9. The van der Waals surface area contributed by atoms with Gasteiger partial charge in [-0.15, -0.1) is 11.3 Å². The highest BCUT2D eigenvalue weighted by Gasteiger charge is 2.11. The Kier molecular flexibility index (Phi) is 3.58. The average molecular weight is 349 g/mol. The molecule has 0 saturated heterocycles. The molecule has 0 atom stereocenters. The molecule has 0 aliphatic rings. The van der Waals surface area contributed by atoms with E-state index < -0.39 is 0 Å². The first kappa shape index (κ1) is 13.3. The van der Waals surface area contributed by atoms with Crippen LogP contribution in [0.15, 0.2) is 39.8 Å². The van der Waals surface area contributed by atoms with Gasteiger partial charge < -0.3 is 10.6 Å². The van der Waals surface area contributed by atoms with Crippen LogP contribution in [0.1, 0.15) is 5.69 Å². The summed E-state index contributed by atoms with van der Waals surface area (Å²) in [6.45, 7) is 0.750. The Morgan fingerprint density at radius 2 is 2.20 bits per heavy atom. The lowest BCUT2D eigenvalue weighted by atomic mass is 10.1. The number of hydrogen-bond donors (Lipinski definition) is 1. The summed E-state index contributed by atoms with van der Waals surface area (Å²) < 4.78 is 0.927. The molecule has 2 N–H and O–H groups in total. The van der Waals surface area contributed by atoms with Crippen molar-refractivity contribution in [2.24, 2.45) is 0 Å². The number of thiazole rings is 1. The molecule has 0 radical (unpaired) electrons. The molecule has 20 heavy (non-hydrogen) atoms. The van der Waals surface area contributed by atoms with Gasteiger partial charge in [0, 0.05) is 34.2 Å². The predicted octanol–water partition coefficient (Wildman–Crippen LogP) is 3.67. The molecule has 0 spiro atoms. The standard InChI is InChI=1S/C14H13BrN4S/c1-19(6-10-7-20-8-18-10)13-3-2-12(16)11-4-9(15)5-17-14(11)13/h2-5,7-8H,6,16H2,1H3. The molecule has 4 nitrogen and oxygen atoms in total. The van der Waals surface area contributed by atoms with Gasteiger partial charge in [0.1, 0.15) is 0 Å². The van der Waals surface area contributed by atoms with Gasteiger partial charge in [-0.2, -0.15) is 0 Å². The second kappa shape index (κ2) is 5.38. The number of halogens is 1. The third-order valence-electron chi connectivity index (χ3n) is 3.12. The van der Waals surface area contributed by atoms with E-state index in [0.717, 1.165) is 39.0 Å². The number of nitrogens with two attached hydrogens (primary N) is 1. The number of nitrogen functional groups attached to an aromatic ring is 1. The van der Waals surface area contributed by atoms with Crippen LogP contribution in [0.4, 0.5) is 11.4 Å². The van der Waals surface area contributed by atoms with Crippen molar-refractivity contribution in [3.05, 3.63) is 45.5 Å². The Hall–Kier alpha value is -1.66. The highest BCUT2D eigenvalue weighted by molar-refractivity contribution is 9.10. The number of aromatic nitrogens is 2. The molecule has 0 unspecified atom stereocenters. The molecule has 2 aromatic heterocycles. The fraction of sp³-hybridized carbons (Fsp3) is 0.143. The summed E-state index contributed by atoms with van der Waals surface area (Å²) in [5.74, 6) is 0. The Morgan fingerprint density at radius 1 is 1.35 bits per heavy atom. The van der Waals surface area contributed by atoms with Gasteiger partial charge in [-0.1, -0.05) is 0 Å². The largest absolute Gasteiger partial charge is 0.398 e. The van der Waals surface area contributed by atoms with Crippen molar-refractivity contribution in [1.82, 2.24) is 9.97 Å². The third kappa shape index (κ3) is 2.48. The van der Waals surface area contributed by atoms with E-state index >= 15 is 0 Å². The summed E-state index contributed by atoms with van der Waals surface area (Å²) in [6.07, 6.45) is 1.79. The van der Waals surface area contributed by atoms with Crippen LogP contribution >= 0.6 is 27.3 Å². The maximum absolute atomic E-state index is 6.04. The molecule has 0 aliphatic carbocycles. The first-order chi connectivity index (χ1) is 9.65. The molecule has 1 aromatic carbocycles. The summed E-state index contributed by atoms with van der Waals surface area (Å²) in [4.78, 5) is 11.0. The van der Waals surface area contributed by atoms with Crippen LogP contribution in [0.5, 0.6) is 0 Å². The molecule has 0 aliphatic heterocycles. The third-order valence-corrected chi connectivity index (χ3v) is 4.19. The first-order valence-corrected chi connectivity index (χ1v) is 7.80. The van der Waals surface area contributed by atoms with Gasteiger partial charge in [0.25, 0.3) is 0 Å². The predicted molar refractivity (Wildman–Crippen MR) is 88.1 cm³/mol. The number of benzene rings is 1. The van der Waals surface area contributed by atoms with Crippen LogP contribution in [0, 0.1) is 0 Å². The molecule has 2 heterocycles. The molecule has 0 saturated carbocycles. The first-order valence-electron chi connectivity index (χ1n) is 6.07. The van der Waals surface area contributed by atoms with Crippen LogP contribution in [0.25, 0.3) is 10.9 Å². The maximum atomic E-state index is 6.04. The number of hydrogen-bond acceptors (Lipinski definition) is 5. The van der Waals surface area contributed by atoms with Crippen LogP contribution in [0.2, 0.25) is 0 Å². The minimum Gasteiger partial charge on any atom is -0.398 e. The molecular formula is C14H13BrN4S. The summed E-state index contributed by atoms with van der Waals surface area (Å²) >= 11 is 5.04. The number of nitrogens with zero attached hydrogens (tertiary/aromatic N) is 3. The van der Waals surface area contributed by atoms with Gasteiger partial charge in [-0.3, -0.25) is 4.98 Å². The van der Waals surface area contributed by atoms with Crippen molar-refractivity contribution in [3.8, 4) is 0 Å². The zero-order valence-corrected chi connectivity index (χ0v) is 13.3. The van der Waals surface area contributed by atoms with Gasteiger partial charge in [0.05, 0.1) is 29.0 Å². The fourth-order valence-corrected chi connectivity index (χ4v) is 3.03. The summed E-state index contributed by atoms with van der Waals surface area (Å²) in [5.41, 5.74) is 11.6. The number of rotatable bonds is 3. The Bertz CT molecular complexity index is 742. The van der Waals surface area contributed by atoms with E-state index in [9.17, 15) is 0 Å². The van der Waals surface area contributed by atoms with Gasteiger partial charge in [0.15, 0.2) is 0 Å².